The van der Waals surface area contributed by atoms with Gasteiger partial charge in [0.05, 0.1) is 6.04 Å². The van der Waals surface area contributed by atoms with Gasteiger partial charge in [-0.3, -0.25) is 9.59 Å². The van der Waals surface area contributed by atoms with E-state index in [9.17, 15) is 9.59 Å². The predicted molar refractivity (Wildman–Crippen MR) is 108 cm³/mol. The van der Waals surface area contributed by atoms with Crippen LogP contribution in [0.15, 0.2) is 54.6 Å². The number of amides is 2. The van der Waals surface area contributed by atoms with Crippen molar-refractivity contribution >= 4 is 24.2 Å². The minimum absolute atomic E-state index is 0. The van der Waals surface area contributed by atoms with Crippen molar-refractivity contribution in [2.24, 2.45) is 5.73 Å². The number of hydrogen-bond acceptors (Lipinski definition) is 3. The van der Waals surface area contributed by atoms with Gasteiger partial charge in [-0.1, -0.05) is 54.6 Å². The molecule has 2 aromatic rings. The SMILES string of the molecule is Cl.N[C@@H](Cc1ccccc1)C(=O)NCc1cccc(CN2CCCC2=O)c1. The van der Waals surface area contributed by atoms with Crippen molar-refractivity contribution in [1.29, 1.82) is 0 Å². The van der Waals surface area contributed by atoms with Crippen LogP contribution in [0.3, 0.4) is 0 Å². The Balaban J connectivity index is 0.00000261. The first-order chi connectivity index (χ1) is 12.6. The third-order valence-corrected chi connectivity index (χ3v) is 4.64. The number of nitrogens with one attached hydrogen (secondary N) is 1. The van der Waals surface area contributed by atoms with Gasteiger partial charge in [-0.25, -0.2) is 0 Å². The lowest BCUT2D eigenvalue weighted by molar-refractivity contribution is -0.128. The van der Waals surface area contributed by atoms with Gasteiger partial charge in [0.2, 0.25) is 11.8 Å². The van der Waals surface area contributed by atoms with Crippen molar-refractivity contribution < 1.29 is 9.59 Å². The first-order valence-electron chi connectivity index (χ1n) is 9.04. The van der Waals surface area contributed by atoms with E-state index >= 15 is 0 Å². The summed E-state index contributed by atoms with van der Waals surface area (Å²) in [6, 6.07) is 17.2. The van der Waals surface area contributed by atoms with Gasteiger partial charge >= 0.3 is 0 Å². The van der Waals surface area contributed by atoms with Crippen molar-refractivity contribution in [2.75, 3.05) is 6.54 Å². The Bertz CT molecular complexity index is 767. The summed E-state index contributed by atoms with van der Waals surface area (Å²) in [7, 11) is 0. The second kappa shape index (κ2) is 10.1. The van der Waals surface area contributed by atoms with Crippen molar-refractivity contribution in [2.45, 2.75) is 38.4 Å². The number of nitrogens with two attached hydrogens (primary N) is 1. The van der Waals surface area contributed by atoms with Crippen molar-refractivity contribution in [1.82, 2.24) is 10.2 Å². The topological polar surface area (TPSA) is 75.4 Å². The highest BCUT2D eigenvalue weighted by Crippen LogP contribution is 2.15. The van der Waals surface area contributed by atoms with Gasteiger partial charge in [-0.15, -0.1) is 12.4 Å². The fourth-order valence-corrected chi connectivity index (χ4v) is 3.21. The molecule has 0 aromatic heterocycles. The zero-order valence-electron chi connectivity index (χ0n) is 15.3. The Hall–Kier alpha value is -2.37. The molecule has 1 heterocycles. The molecule has 2 aromatic carbocycles. The summed E-state index contributed by atoms with van der Waals surface area (Å²) in [6.07, 6.45) is 2.10. The van der Waals surface area contributed by atoms with E-state index in [4.69, 9.17) is 5.73 Å². The molecule has 3 N–H and O–H groups in total. The summed E-state index contributed by atoms with van der Waals surface area (Å²) in [4.78, 5) is 25.9. The number of carbonyl (C=O) groups excluding carboxylic acids is 2. The number of halogens is 1. The van der Waals surface area contributed by atoms with Gasteiger partial charge in [0.1, 0.15) is 0 Å². The van der Waals surface area contributed by atoms with Crippen LogP contribution < -0.4 is 11.1 Å². The maximum Gasteiger partial charge on any atom is 0.237 e. The molecule has 2 amide bonds. The molecule has 1 aliphatic rings. The van der Waals surface area contributed by atoms with E-state index in [1.807, 2.05) is 59.5 Å². The predicted octanol–water partition coefficient (Wildman–Crippen LogP) is 2.42. The highest BCUT2D eigenvalue weighted by Gasteiger charge is 2.20. The summed E-state index contributed by atoms with van der Waals surface area (Å²) in [6.45, 7) is 1.89. The van der Waals surface area contributed by atoms with Gasteiger partial charge in [-0.2, -0.15) is 0 Å². The monoisotopic (exact) mass is 387 g/mol. The van der Waals surface area contributed by atoms with Crippen LogP contribution >= 0.6 is 12.4 Å². The molecule has 6 heteroatoms. The van der Waals surface area contributed by atoms with Crippen LogP contribution in [-0.4, -0.2) is 29.3 Å². The average Bonchev–Trinajstić information content (AvgIpc) is 3.05. The van der Waals surface area contributed by atoms with Crippen LogP contribution in [0.4, 0.5) is 0 Å². The Kier molecular flexibility index (Phi) is 7.82. The Morgan fingerprint density at radius 1 is 1.07 bits per heavy atom. The molecule has 1 atom stereocenters. The Labute approximate surface area is 166 Å². The lowest BCUT2D eigenvalue weighted by Gasteiger charge is -2.16. The minimum atomic E-state index is -0.567. The quantitative estimate of drug-likeness (QED) is 0.766. The summed E-state index contributed by atoms with van der Waals surface area (Å²) in [5.41, 5.74) is 9.15. The van der Waals surface area contributed by atoms with Crippen LogP contribution in [-0.2, 0) is 29.1 Å². The maximum absolute atomic E-state index is 12.2. The third kappa shape index (κ3) is 6.08. The molecule has 0 saturated carbocycles. The molecular weight excluding hydrogens is 362 g/mol. The number of rotatable bonds is 7. The molecule has 5 nitrogen and oxygen atoms in total. The van der Waals surface area contributed by atoms with E-state index in [2.05, 4.69) is 5.32 Å². The molecular formula is C21H26ClN3O2. The average molecular weight is 388 g/mol. The molecule has 1 aliphatic heterocycles. The minimum Gasteiger partial charge on any atom is -0.351 e. The molecule has 144 valence electrons. The van der Waals surface area contributed by atoms with Gasteiger partial charge < -0.3 is 16.0 Å². The van der Waals surface area contributed by atoms with Gasteiger partial charge in [-0.05, 0) is 29.5 Å². The van der Waals surface area contributed by atoms with Crippen LogP contribution in [0, 0.1) is 0 Å². The summed E-state index contributed by atoms with van der Waals surface area (Å²) >= 11 is 0. The van der Waals surface area contributed by atoms with Crippen molar-refractivity contribution in [3.63, 3.8) is 0 Å². The lowest BCUT2D eigenvalue weighted by Crippen LogP contribution is -2.41. The van der Waals surface area contributed by atoms with E-state index in [0.29, 0.717) is 25.9 Å². The Morgan fingerprint density at radius 2 is 1.78 bits per heavy atom. The summed E-state index contributed by atoms with van der Waals surface area (Å²) < 4.78 is 0. The fraction of sp³-hybridized carbons (Fsp3) is 0.333. The van der Waals surface area contributed by atoms with Gasteiger partial charge in [0.25, 0.3) is 0 Å². The second-order valence-electron chi connectivity index (χ2n) is 6.75. The highest BCUT2D eigenvalue weighted by molar-refractivity contribution is 5.85. The van der Waals surface area contributed by atoms with Crippen LogP contribution in [0.1, 0.15) is 29.5 Å². The van der Waals surface area contributed by atoms with Gasteiger partial charge in [0.15, 0.2) is 0 Å². The summed E-state index contributed by atoms with van der Waals surface area (Å²) in [5.74, 6) is 0.0598. The molecule has 0 aliphatic carbocycles. The maximum atomic E-state index is 12.2. The van der Waals surface area contributed by atoms with E-state index in [-0.39, 0.29) is 24.2 Å². The fourth-order valence-electron chi connectivity index (χ4n) is 3.21. The zero-order valence-corrected chi connectivity index (χ0v) is 16.1. The third-order valence-electron chi connectivity index (χ3n) is 4.64. The normalized spacial score (nSPS) is 14.6. The molecule has 1 fully saturated rings. The van der Waals surface area contributed by atoms with E-state index in [1.165, 1.54) is 0 Å². The highest BCUT2D eigenvalue weighted by atomic mass is 35.5. The van der Waals surface area contributed by atoms with Crippen LogP contribution in [0.5, 0.6) is 0 Å². The lowest BCUT2D eigenvalue weighted by atomic mass is 10.1. The molecule has 0 unspecified atom stereocenters. The molecule has 0 spiro atoms. The first-order valence-corrected chi connectivity index (χ1v) is 9.04. The van der Waals surface area contributed by atoms with Crippen molar-refractivity contribution in [3.05, 3.63) is 71.3 Å². The van der Waals surface area contributed by atoms with Crippen LogP contribution in [0.2, 0.25) is 0 Å². The standard InChI is InChI=1S/C21H25N3O2.ClH/c22-19(13-16-6-2-1-3-7-16)21(26)23-14-17-8-4-9-18(12-17)15-24-11-5-10-20(24)25;/h1-4,6-9,12,19H,5,10-11,13-15,22H2,(H,23,26);1H/t19-;/m0./s1. The van der Waals surface area contributed by atoms with Crippen molar-refractivity contribution in [3.8, 4) is 0 Å². The molecule has 3 rings (SSSR count). The Morgan fingerprint density at radius 3 is 2.48 bits per heavy atom. The molecule has 0 bridgehead atoms. The number of likely N-dealkylation sites (tertiary alicyclic amines) is 1. The molecule has 1 saturated heterocycles. The molecule has 0 radical (unpaired) electrons. The number of nitrogens with zero attached hydrogens (tertiary/aromatic N) is 1. The first kappa shape index (κ1) is 20.9. The van der Waals surface area contributed by atoms with E-state index in [0.717, 1.165) is 29.7 Å². The van der Waals surface area contributed by atoms with Crippen LogP contribution in [0.25, 0.3) is 0 Å². The second-order valence-corrected chi connectivity index (χ2v) is 6.75. The number of benzene rings is 2. The van der Waals surface area contributed by atoms with E-state index < -0.39 is 6.04 Å². The smallest absolute Gasteiger partial charge is 0.237 e. The summed E-state index contributed by atoms with van der Waals surface area (Å²) in [5, 5.41) is 2.90. The van der Waals surface area contributed by atoms with E-state index in [1.54, 1.807) is 0 Å². The zero-order chi connectivity index (χ0) is 18.4. The van der Waals surface area contributed by atoms with Gasteiger partial charge in [0, 0.05) is 26.1 Å². The number of hydrogen-bond donors (Lipinski definition) is 2. The molecule has 27 heavy (non-hydrogen) atoms. The largest absolute Gasteiger partial charge is 0.351 e. The number of carbonyl (C=O) groups is 2.